The molecule has 3 N–H and O–H groups in total. The van der Waals surface area contributed by atoms with Gasteiger partial charge in [0.1, 0.15) is 11.4 Å². The molecular formula is C40H38N4O5S. The first-order chi connectivity index (χ1) is 24.3. The van der Waals surface area contributed by atoms with Gasteiger partial charge in [-0.3, -0.25) is 9.59 Å². The van der Waals surface area contributed by atoms with Crippen LogP contribution in [0.25, 0.3) is 21.6 Å². The number of thiophene rings is 1. The lowest BCUT2D eigenvalue weighted by atomic mass is 9.93. The van der Waals surface area contributed by atoms with Crippen LogP contribution in [-0.2, 0) is 17.7 Å². The first-order valence-electron chi connectivity index (χ1n) is 16.7. The van der Waals surface area contributed by atoms with Gasteiger partial charge in [-0.2, -0.15) is 0 Å². The molecule has 0 aliphatic carbocycles. The zero-order valence-electron chi connectivity index (χ0n) is 28.2. The van der Waals surface area contributed by atoms with E-state index in [0.29, 0.717) is 47.8 Å². The minimum Gasteiger partial charge on any atom is -0.493 e. The second kappa shape index (κ2) is 13.9. The van der Waals surface area contributed by atoms with Gasteiger partial charge in [-0.15, -0.1) is 11.3 Å². The summed E-state index contributed by atoms with van der Waals surface area (Å²) in [4.78, 5) is 49.3. The lowest BCUT2D eigenvalue weighted by Crippen LogP contribution is -2.31. The number of aryl methyl sites for hydroxylation is 2. The van der Waals surface area contributed by atoms with Crippen LogP contribution in [0.1, 0.15) is 78.0 Å². The number of ether oxygens (including phenoxy) is 2. The van der Waals surface area contributed by atoms with Crippen molar-refractivity contribution in [1.29, 1.82) is 0 Å². The summed E-state index contributed by atoms with van der Waals surface area (Å²) >= 11 is 1.59. The summed E-state index contributed by atoms with van der Waals surface area (Å²) in [6, 6.07) is 22.8. The molecule has 0 radical (unpaired) electrons. The van der Waals surface area contributed by atoms with Crippen LogP contribution in [0.3, 0.4) is 0 Å². The highest BCUT2D eigenvalue weighted by Crippen LogP contribution is 2.44. The summed E-state index contributed by atoms with van der Waals surface area (Å²) in [6.07, 6.45) is 2.42. The molecule has 4 heterocycles. The van der Waals surface area contributed by atoms with Gasteiger partial charge in [0.05, 0.1) is 19.8 Å². The second-order valence-electron chi connectivity index (χ2n) is 12.7. The van der Waals surface area contributed by atoms with Crippen LogP contribution in [0, 0.1) is 13.8 Å². The molecule has 254 valence electrons. The third kappa shape index (κ3) is 6.16. The van der Waals surface area contributed by atoms with Crippen LogP contribution >= 0.6 is 11.3 Å². The van der Waals surface area contributed by atoms with Crippen molar-refractivity contribution >= 4 is 34.8 Å². The third-order valence-corrected chi connectivity index (χ3v) is 10.5. The number of anilines is 1. The second-order valence-corrected chi connectivity index (χ2v) is 13.6. The number of rotatable bonds is 7. The van der Waals surface area contributed by atoms with E-state index in [2.05, 4.69) is 16.4 Å². The van der Waals surface area contributed by atoms with E-state index in [1.54, 1.807) is 29.5 Å². The fourth-order valence-corrected chi connectivity index (χ4v) is 8.08. The number of nitrogens with zero attached hydrogens (tertiary/aromatic N) is 2. The summed E-state index contributed by atoms with van der Waals surface area (Å²) < 4.78 is 11.4. The fraction of sp³-hybridized carbons (Fsp3) is 0.250. The molecule has 0 spiro atoms. The van der Waals surface area contributed by atoms with Crippen molar-refractivity contribution in [3.05, 3.63) is 123 Å². The maximum atomic E-state index is 14.4. The minimum atomic E-state index is -0.720. The van der Waals surface area contributed by atoms with Crippen molar-refractivity contribution in [2.45, 2.75) is 45.7 Å². The van der Waals surface area contributed by atoms with Crippen molar-refractivity contribution < 1.29 is 23.9 Å². The number of hydrogen-bond acceptors (Lipinski definition) is 8. The van der Waals surface area contributed by atoms with Gasteiger partial charge in [0.25, 0.3) is 11.8 Å². The maximum Gasteiger partial charge on any atom is 0.357 e. The predicted octanol–water partition coefficient (Wildman–Crippen LogP) is 7.50. The molecule has 5 aromatic rings. The summed E-state index contributed by atoms with van der Waals surface area (Å²) in [5, 5.41) is 5.17. The van der Waals surface area contributed by atoms with Crippen LogP contribution in [-0.4, -0.2) is 47.9 Å². The third-order valence-electron chi connectivity index (χ3n) is 9.53. The number of methoxy groups -OCH3 is 1. The number of amides is 2. The van der Waals surface area contributed by atoms with Gasteiger partial charge in [-0.25, -0.2) is 9.78 Å². The van der Waals surface area contributed by atoms with Gasteiger partial charge in [-0.1, -0.05) is 42.5 Å². The number of aromatic nitrogens is 1. The van der Waals surface area contributed by atoms with Crippen molar-refractivity contribution in [2.24, 2.45) is 5.73 Å². The smallest absolute Gasteiger partial charge is 0.357 e. The SMILES string of the molecule is COC(=O)c1nc(C(=O)N2CCCC2c2ccccc2)ccc1-c1cc2c(cc1C(=O)Nc1c(C)cc(CN)cc1C)-c1sccc1CCO2. The van der Waals surface area contributed by atoms with E-state index in [1.165, 1.54) is 7.11 Å². The fourth-order valence-electron chi connectivity index (χ4n) is 7.10. The Labute approximate surface area is 295 Å². The van der Waals surface area contributed by atoms with Gasteiger partial charge in [0.15, 0.2) is 5.69 Å². The van der Waals surface area contributed by atoms with Crippen LogP contribution in [0.4, 0.5) is 5.69 Å². The number of benzene rings is 3. The summed E-state index contributed by atoms with van der Waals surface area (Å²) in [7, 11) is 1.27. The Morgan fingerprint density at radius 3 is 2.52 bits per heavy atom. The molecule has 3 aromatic carbocycles. The van der Waals surface area contributed by atoms with Crippen LogP contribution < -0.4 is 15.8 Å². The van der Waals surface area contributed by atoms with Gasteiger partial charge < -0.3 is 25.4 Å². The number of pyridine rings is 1. The quantitative estimate of drug-likeness (QED) is 0.170. The minimum absolute atomic E-state index is 0.0621. The molecule has 9 nitrogen and oxygen atoms in total. The molecule has 7 rings (SSSR count). The molecule has 0 saturated carbocycles. The summed E-state index contributed by atoms with van der Waals surface area (Å²) in [6.45, 7) is 5.30. The average Bonchev–Trinajstić information content (AvgIpc) is 3.79. The van der Waals surface area contributed by atoms with E-state index in [0.717, 1.165) is 57.5 Å². The van der Waals surface area contributed by atoms with E-state index in [9.17, 15) is 14.4 Å². The van der Waals surface area contributed by atoms with Crippen molar-refractivity contribution in [3.8, 4) is 27.3 Å². The van der Waals surface area contributed by atoms with Crippen molar-refractivity contribution in [1.82, 2.24) is 9.88 Å². The maximum absolute atomic E-state index is 14.4. The molecule has 2 aliphatic heterocycles. The Morgan fingerprint density at radius 2 is 1.78 bits per heavy atom. The number of carbonyl (C=O) groups is 3. The van der Waals surface area contributed by atoms with E-state index in [4.69, 9.17) is 15.2 Å². The average molecular weight is 687 g/mol. The number of nitrogens with two attached hydrogens (primary N) is 1. The molecular weight excluding hydrogens is 649 g/mol. The summed E-state index contributed by atoms with van der Waals surface area (Å²) in [5.74, 6) is -0.761. The van der Waals surface area contributed by atoms with Gasteiger partial charge in [0.2, 0.25) is 0 Å². The van der Waals surface area contributed by atoms with E-state index in [1.807, 2.05) is 72.7 Å². The molecule has 2 amide bonds. The summed E-state index contributed by atoms with van der Waals surface area (Å²) in [5.41, 5.74) is 13.5. The van der Waals surface area contributed by atoms with Crippen LogP contribution in [0.5, 0.6) is 5.75 Å². The topological polar surface area (TPSA) is 124 Å². The number of hydrogen-bond donors (Lipinski definition) is 2. The Morgan fingerprint density at radius 1 is 1.00 bits per heavy atom. The first kappa shape index (κ1) is 33.2. The molecule has 50 heavy (non-hydrogen) atoms. The monoisotopic (exact) mass is 686 g/mol. The Hall–Kier alpha value is -5.32. The molecule has 1 unspecified atom stereocenters. The Balaban J connectivity index is 1.35. The normalized spacial score (nSPS) is 15.0. The Kier molecular flexibility index (Phi) is 9.22. The standard InChI is InChI=1S/C40H38N4O5S/c1-23-18-25(22-41)19-24(2)35(23)43-38(45)30-20-31-34(49-16-13-27-14-17-50-37(27)31)21-29(30)28-11-12-32(42-36(28)40(47)48-3)39(46)44-15-7-10-33(44)26-8-5-4-6-9-26/h4-6,8-9,11-12,14,17-21,33H,7,10,13,15-16,22,41H2,1-3H3,(H,43,45). The number of likely N-dealkylation sites (tertiary alicyclic amines) is 1. The predicted molar refractivity (Wildman–Crippen MR) is 195 cm³/mol. The van der Waals surface area contributed by atoms with E-state index < -0.39 is 5.97 Å². The first-order valence-corrected chi connectivity index (χ1v) is 17.6. The van der Waals surface area contributed by atoms with Gasteiger partial charge in [-0.05, 0) is 90.2 Å². The lowest BCUT2D eigenvalue weighted by Gasteiger charge is -2.25. The van der Waals surface area contributed by atoms with Gasteiger partial charge in [0, 0.05) is 52.3 Å². The molecule has 1 saturated heterocycles. The lowest BCUT2D eigenvalue weighted by molar-refractivity contribution is 0.0594. The molecule has 1 fully saturated rings. The molecule has 2 aromatic heterocycles. The highest BCUT2D eigenvalue weighted by molar-refractivity contribution is 7.13. The van der Waals surface area contributed by atoms with Gasteiger partial charge >= 0.3 is 5.97 Å². The van der Waals surface area contributed by atoms with E-state index >= 15 is 0 Å². The van der Waals surface area contributed by atoms with Crippen LogP contribution in [0.2, 0.25) is 0 Å². The Bertz CT molecular complexity index is 2100. The largest absolute Gasteiger partial charge is 0.493 e. The molecule has 10 heteroatoms. The number of esters is 1. The zero-order chi connectivity index (χ0) is 34.9. The van der Waals surface area contributed by atoms with E-state index in [-0.39, 0.29) is 29.2 Å². The molecule has 2 aliphatic rings. The zero-order valence-corrected chi connectivity index (χ0v) is 29.1. The highest BCUT2D eigenvalue weighted by atomic mass is 32.1. The highest BCUT2D eigenvalue weighted by Gasteiger charge is 2.33. The number of fused-ring (bicyclic) bond motifs is 3. The number of carbonyl (C=O) groups excluding carboxylic acids is 3. The molecule has 0 bridgehead atoms. The number of nitrogens with one attached hydrogen (secondary N) is 1. The van der Waals surface area contributed by atoms with Crippen molar-refractivity contribution in [3.63, 3.8) is 0 Å². The molecule has 1 atom stereocenters. The van der Waals surface area contributed by atoms with Crippen LogP contribution in [0.15, 0.2) is 78.2 Å². The van der Waals surface area contributed by atoms with Crippen molar-refractivity contribution in [2.75, 3.05) is 25.6 Å².